The van der Waals surface area contributed by atoms with Crippen molar-refractivity contribution in [1.29, 1.82) is 0 Å². The van der Waals surface area contributed by atoms with Gasteiger partial charge in [0.15, 0.2) is 11.5 Å². The lowest BCUT2D eigenvalue weighted by molar-refractivity contribution is 0.118. The molecule has 0 aromatic heterocycles. The van der Waals surface area contributed by atoms with Crippen molar-refractivity contribution in [1.82, 2.24) is 5.48 Å². The van der Waals surface area contributed by atoms with Crippen molar-refractivity contribution in [3.63, 3.8) is 0 Å². The molecule has 0 aliphatic heterocycles. The Hall–Kier alpha value is -2.73. The van der Waals surface area contributed by atoms with E-state index in [9.17, 15) is 4.79 Å². The molecule has 2 aromatic carbocycles. The number of carbonyl (C=O) groups is 1. The predicted octanol–water partition coefficient (Wildman–Crippen LogP) is 3.79. The molecule has 7 heteroatoms. The summed E-state index contributed by atoms with van der Waals surface area (Å²) in [7, 11) is 1.23. The zero-order valence-electron chi connectivity index (χ0n) is 12.6. The van der Waals surface area contributed by atoms with Crippen molar-refractivity contribution in [2.75, 3.05) is 7.11 Å². The Morgan fingerprint density at radius 1 is 1.17 bits per heavy atom. The number of amides is 1. The average Bonchev–Trinajstić information content (AvgIpc) is 2.59. The molecule has 1 N–H and O–H groups in total. The highest BCUT2D eigenvalue weighted by molar-refractivity contribution is 6.32. The van der Waals surface area contributed by atoms with Crippen LogP contribution in [0, 0.1) is 0 Å². The van der Waals surface area contributed by atoms with E-state index in [-0.39, 0.29) is 5.75 Å². The Morgan fingerprint density at radius 3 is 2.61 bits per heavy atom. The van der Waals surface area contributed by atoms with Gasteiger partial charge >= 0.3 is 6.09 Å². The predicted molar refractivity (Wildman–Crippen MR) is 86.9 cm³/mol. The van der Waals surface area contributed by atoms with Gasteiger partial charge in [0, 0.05) is 5.56 Å². The highest BCUT2D eigenvalue weighted by Gasteiger charge is 2.08. The zero-order chi connectivity index (χ0) is 16.7. The van der Waals surface area contributed by atoms with Gasteiger partial charge in [0.25, 0.3) is 0 Å². The van der Waals surface area contributed by atoms with E-state index in [0.29, 0.717) is 16.5 Å². The van der Waals surface area contributed by atoms with Gasteiger partial charge in [-0.3, -0.25) is 0 Å². The molecule has 120 valence electrons. The molecule has 0 fully saturated rings. The minimum Gasteiger partial charge on any atom is -0.451 e. The molecule has 0 aliphatic carbocycles. The molecule has 0 heterocycles. The number of ether oxygens (including phenoxy) is 1. The molecule has 2 aromatic rings. The van der Waals surface area contributed by atoms with Crippen LogP contribution in [0.25, 0.3) is 0 Å². The topological polar surface area (TPSA) is 69.2 Å². The van der Waals surface area contributed by atoms with Crippen LogP contribution in [-0.4, -0.2) is 18.9 Å². The summed E-state index contributed by atoms with van der Waals surface area (Å²) in [4.78, 5) is 21.5. The smallest absolute Gasteiger partial charge is 0.440 e. The summed E-state index contributed by atoms with van der Waals surface area (Å²) in [5.41, 5.74) is 3.44. The molecular formula is C16H15ClN2O4. The Bertz CT molecular complexity index is 704. The Labute approximate surface area is 138 Å². The Morgan fingerprint density at radius 2 is 1.91 bits per heavy atom. The molecule has 0 saturated heterocycles. The summed E-state index contributed by atoms with van der Waals surface area (Å²) in [5.74, 6) is 0.897. The van der Waals surface area contributed by atoms with Gasteiger partial charge in [0.2, 0.25) is 0 Å². The molecule has 2 rings (SSSR count). The first-order valence-electron chi connectivity index (χ1n) is 6.67. The number of nitrogens with zero attached hydrogens (tertiary/aromatic N) is 1. The van der Waals surface area contributed by atoms with E-state index in [0.717, 1.165) is 5.56 Å². The second-order valence-electron chi connectivity index (χ2n) is 4.42. The van der Waals surface area contributed by atoms with E-state index < -0.39 is 6.09 Å². The maximum absolute atomic E-state index is 11.0. The van der Waals surface area contributed by atoms with Crippen LogP contribution in [0.2, 0.25) is 5.02 Å². The maximum atomic E-state index is 11.0. The quantitative estimate of drug-likeness (QED) is 0.667. The number of methoxy groups -OCH3 is 1. The number of hydroxylamine groups is 1. The Kier molecular flexibility index (Phi) is 5.82. The van der Waals surface area contributed by atoms with Crippen LogP contribution in [0.15, 0.2) is 53.7 Å². The molecule has 1 amide bonds. The first-order valence-corrected chi connectivity index (χ1v) is 7.05. The number of oxime groups is 1. The van der Waals surface area contributed by atoms with Crippen LogP contribution >= 0.6 is 11.6 Å². The third kappa shape index (κ3) is 4.89. The second kappa shape index (κ2) is 8.05. The monoisotopic (exact) mass is 334 g/mol. The number of rotatable bonds is 5. The third-order valence-electron chi connectivity index (χ3n) is 2.81. The van der Waals surface area contributed by atoms with E-state index >= 15 is 0 Å². The van der Waals surface area contributed by atoms with Gasteiger partial charge in [0.1, 0.15) is 0 Å². The molecular weight excluding hydrogens is 320 g/mol. The molecule has 23 heavy (non-hydrogen) atoms. The molecule has 0 aliphatic rings. The summed E-state index contributed by atoms with van der Waals surface area (Å²) < 4.78 is 4.42. The van der Waals surface area contributed by atoms with Crippen LogP contribution in [0.1, 0.15) is 12.5 Å². The van der Waals surface area contributed by atoms with Gasteiger partial charge in [-0.15, -0.1) is 0 Å². The number of benzene rings is 2. The van der Waals surface area contributed by atoms with Crippen LogP contribution in [-0.2, 0) is 4.74 Å². The molecule has 6 nitrogen and oxygen atoms in total. The van der Waals surface area contributed by atoms with Gasteiger partial charge < -0.3 is 14.4 Å². The molecule has 0 radical (unpaired) electrons. The van der Waals surface area contributed by atoms with E-state index in [1.54, 1.807) is 37.3 Å². The van der Waals surface area contributed by atoms with Crippen LogP contribution < -0.4 is 15.2 Å². The largest absolute Gasteiger partial charge is 0.451 e. The number of hydrogen-bond acceptors (Lipinski definition) is 5. The number of para-hydroxylation sites is 1. The van der Waals surface area contributed by atoms with Gasteiger partial charge in [0.05, 0.1) is 17.8 Å². The van der Waals surface area contributed by atoms with Crippen molar-refractivity contribution in [3.8, 4) is 11.5 Å². The van der Waals surface area contributed by atoms with Gasteiger partial charge in [-0.1, -0.05) is 41.0 Å². The first kappa shape index (κ1) is 16.6. The Balaban J connectivity index is 2.11. The van der Waals surface area contributed by atoms with Crippen molar-refractivity contribution >= 4 is 23.4 Å². The van der Waals surface area contributed by atoms with E-state index in [4.69, 9.17) is 21.3 Å². The summed E-state index contributed by atoms with van der Waals surface area (Å²) in [6.45, 7) is 1.78. The highest BCUT2D eigenvalue weighted by Crippen LogP contribution is 2.25. The maximum Gasteiger partial charge on any atom is 0.440 e. The summed E-state index contributed by atoms with van der Waals surface area (Å²) in [6.07, 6.45) is -0.732. The summed E-state index contributed by atoms with van der Waals surface area (Å²) in [6, 6.07) is 14.2. The lowest BCUT2D eigenvalue weighted by Gasteiger charge is -2.09. The number of halogens is 1. The van der Waals surface area contributed by atoms with Crippen molar-refractivity contribution in [3.05, 3.63) is 59.1 Å². The molecule has 0 bridgehead atoms. The summed E-state index contributed by atoms with van der Waals surface area (Å²) >= 11 is 6.01. The minimum absolute atomic E-state index is 0.267. The SMILES string of the molecule is COC(=O)NOc1cc(C(C)=NOc2ccccc2)ccc1Cl. The van der Waals surface area contributed by atoms with E-state index in [2.05, 4.69) is 15.4 Å². The van der Waals surface area contributed by atoms with Crippen molar-refractivity contribution < 1.29 is 19.2 Å². The van der Waals surface area contributed by atoms with Crippen LogP contribution in [0.4, 0.5) is 4.79 Å². The van der Waals surface area contributed by atoms with Gasteiger partial charge in [-0.2, -0.15) is 5.48 Å². The molecule has 0 unspecified atom stereocenters. The van der Waals surface area contributed by atoms with Crippen molar-refractivity contribution in [2.24, 2.45) is 5.16 Å². The fourth-order valence-corrected chi connectivity index (χ4v) is 1.76. The molecule has 0 spiro atoms. The standard InChI is InChI=1S/C16H15ClN2O4/c1-11(18-22-13-6-4-3-5-7-13)12-8-9-14(17)15(10-12)23-19-16(20)21-2/h3-10H,1-2H3,(H,19,20). The first-order chi connectivity index (χ1) is 11.1. The van der Waals surface area contributed by atoms with Crippen LogP contribution in [0.3, 0.4) is 0 Å². The minimum atomic E-state index is -0.732. The normalized spacial score (nSPS) is 10.8. The lowest BCUT2D eigenvalue weighted by Crippen LogP contribution is -2.26. The summed E-state index contributed by atoms with van der Waals surface area (Å²) in [5, 5.41) is 4.39. The van der Waals surface area contributed by atoms with Crippen LogP contribution in [0.5, 0.6) is 11.5 Å². The number of carbonyl (C=O) groups excluding carboxylic acids is 1. The molecule has 0 atom stereocenters. The van der Waals surface area contributed by atoms with Gasteiger partial charge in [-0.25, -0.2) is 4.79 Å². The second-order valence-corrected chi connectivity index (χ2v) is 4.83. The highest BCUT2D eigenvalue weighted by atomic mass is 35.5. The lowest BCUT2D eigenvalue weighted by atomic mass is 10.1. The number of nitrogens with one attached hydrogen (secondary N) is 1. The zero-order valence-corrected chi connectivity index (χ0v) is 13.3. The van der Waals surface area contributed by atoms with Gasteiger partial charge in [-0.05, 0) is 31.2 Å². The average molecular weight is 335 g/mol. The van der Waals surface area contributed by atoms with Crippen molar-refractivity contribution in [2.45, 2.75) is 6.92 Å². The van der Waals surface area contributed by atoms with E-state index in [1.165, 1.54) is 7.11 Å². The fourth-order valence-electron chi connectivity index (χ4n) is 1.60. The van der Waals surface area contributed by atoms with E-state index in [1.807, 2.05) is 18.2 Å². The molecule has 0 saturated carbocycles. The third-order valence-corrected chi connectivity index (χ3v) is 3.12. The number of hydrogen-bond donors (Lipinski definition) is 1. The fraction of sp³-hybridized carbons (Fsp3) is 0.125.